The Bertz CT molecular complexity index is 504. The van der Waals surface area contributed by atoms with E-state index in [-0.39, 0.29) is 36.7 Å². The summed E-state index contributed by atoms with van der Waals surface area (Å²) >= 11 is 3.17. The SMILES string of the molecule is Cl.NCC1CCCCC1NC(=O)COc1ccc(Br)cc1F. The van der Waals surface area contributed by atoms with E-state index in [0.717, 1.165) is 25.7 Å². The summed E-state index contributed by atoms with van der Waals surface area (Å²) in [6, 6.07) is 4.58. The molecule has 0 heterocycles. The van der Waals surface area contributed by atoms with Crippen molar-refractivity contribution in [1.29, 1.82) is 0 Å². The summed E-state index contributed by atoms with van der Waals surface area (Å²) in [4.78, 5) is 11.9. The second kappa shape index (κ2) is 9.33. The fraction of sp³-hybridized carbons (Fsp3) is 0.533. The Labute approximate surface area is 144 Å². The molecule has 22 heavy (non-hydrogen) atoms. The van der Waals surface area contributed by atoms with Gasteiger partial charge in [0, 0.05) is 10.5 Å². The summed E-state index contributed by atoms with van der Waals surface area (Å²) in [5, 5.41) is 2.95. The van der Waals surface area contributed by atoms with E-state index in [1.54, 1.807) is 6.07 Å². The number of benzene rings is 1. The molecule has 0 saturated heterocycles. The number of ether oxygens (including phenoxy) is 1. The maximum atomic E-state index is 13.6. The van der Waals surface area contributed by atoms with Gasteiger partial charge in [-0.1, -0.05) is 28.8 Å². The van der Waals surface area contributed by atoms with Crippen LogP contribution < -0.4 is 15.8 Å². The first-order valence-electron chi connectivity index (χ1n) is 7.17. The van der Waals surface area contributed by atoms with Gasteiger partial charge in [-0.15, -0.1) is 12.4 Å². The molecule has 0 spiro atoms. The minimum atomic E-state index is -0.491. The van der Waals surface area contributed by atoms with Crippen LogP contribution in [0.4, 0.5) is 4.39 Å². The molecule has 1 aliphatic carbocycles. The molecule has 124 valence electrons. The molecule has 2 rings (SSSR count). The highest BCUT2D eigenvalue weighted by Crippen LogP contribution is 2.24. The van der Waals surface area contributed by atoms with Crippen LogP contribution in [0.25, 0.3) is 0 Å². The average Bonchev–Trinajstić information content (AvgIpc) is 2.47. The molecule has 0 radical (unpaired) electrons. The van der Waals surface area contributed by atoms with Gasteiger partial charge in [0.1, 0.15) is 0 Å². The Hall–Kier alpha value is -0.850. The molecule has 0 aliphatic heterocycles. The van der Waals surface area contributed by atoms with Crippen molar-refractivity contribution in [3.63, 3.8) is 0 Å². The zero-order valence-corrected chi connectivity index (χ0v) is 14.6. The lowest BCUT2D eigenvalue weighted by Gasteiger charge is -2.31. The first-order valence-corrected chi connectivity index (χ1v) is 7.96. The van der Waals surface area contributed by atoms with Crippen molar-refractivity contribution in [1.82, 2.24) is 5.32 Å². The van der Waals surface area contributed by atoms with E-state index in [0.29, 0.717) is 16.9 Å². The van der Waals surface area contributed by atoms with Crippen LogP contribution in [0.3, 0.4) is 0 Å². The number of hydrogen-bond acceptors (Lipinski definition) is 3. The van der Waals surface area contributed by atoms with Gasteiger partial charge in [-0.25, -0.2) is 4.39 Å². The zero-order valence-electron chi connectivity index (χ0n) is 12.2. The topological polar surface area (TPSA) is 64.3 Å². The van der Waals surface area contributed by atoms with Gasteiger partial charge in [-0.3, -0.25) is 4.79 Å². The molecule has 3 N–H and O–H groups in total. The van der Waals surface area contributed by atoms with Crippen LogP contribution in [-0.2, 0) is 4.79 Å². The van der Waals surface area contributed by atoms with Crippen LogP contribution in [0.1, 0.15) is 25.7 Å². The molecule has 1 aromatic carbocycles. The Morgan fingerprint density at radius 3 is 2.82 bits per heavy atom. The van der Waals surface area contributed by atoms with E-state index in [2.05, 4.69) is 21.2 Å². The molecule has 1 aliphatic rings. The van der Waals surface area contributed by atoms with Crippen LogP contribution in [-0.4, -0.2) is 25.1 Å². The molecule has 1 saturated carbocycles. The Morgan fingerprint density at radius 2 is 2.14 bits per heavy atom. The quantitative estimate of drug-likeness (QED) is 0.805. The lowest BCUT2D eigenvalue weighted by molar-refractivity contribution is -0.124. The van der Waals surface area contributed by atoms with Gasteiger partial charge in [0.2, 0.25) is 0 Å². The smallest absolute Gasteiger partial charge is 0.258 e. The fourth-order valence-electron chi connectivity index (χ4n) is 2.66. The molecular weight excluding hydrogens is 375 g/mol. The highest BCUT2D eigenvalue weighted by molar-refractivity contribution is 9.10. The third-order valence-corrected chi connectivity index (χ3v) is 4.30. The van der Waals surface area contributed by atoms with E-state index in [4.69, 9.17) is 10.5 Å². The normalized spacial score (nSPS) is 20.9. The standard InChI is InChI=1S/C15H20BrFN2O2.ClH/c16-11-5-6-14(12(17)7-11)21-9-15(20)19-13-4-2-1-3-10(13)8-18;/h5-7,10,13H,1-4,8-9,18H2,(H,19,20);1H. The second-order valence-corrected chi connectivity index (χ2v) is 6.23. The molecular formula is C15H21BrClFN2O2. The van der Waals surface area contributed by atoms with E-state index in [9.17, 15) is 9.18 Å². The summed E-state index contributed by atoms with van der Waals surface area (Å²) in [6.45, 7) is 0.388. The Kier molecular flexibility index (Phi) is 8.14. The summed E-state index contributed by atoms with van der Waals surface area (Å²) in [5.41, 5.74) is 5.73. The number of halogens is 3. The van der Waals surface area contributed by atoms with Crippen LogP contribution in [0, 0.1) is 11.7 Å². The van der Waals surface area contributed by atoms with Gasteiger partial charge in [0.25, 0.3) is 5.91 Å². The Morgan fingerprint density at radius 1 is 1.41 bits per heavy atom. The first kappa shape index (κ1) is 19.2. The van der Waals surface area contributed by atoms with Crippen LogP contribution in [0.15, 0.2) is 22.7 Å². The Balaban J connectivity index is 0.00000242. The van der Waals surface area contributed by atoms with Crippen molar-refractivity contribution in [2.24, 2.45) is 11.7 Å². The minimum Gasteiger partial charge on any atom is -0.481 e. The average molecular weight is 396 g/mol. The number of nitrogens with one attached hydrogen (secondary N) is 1. The molecule has 2 unspecified atom stereocenters. The number of carbonyl (C=O) groups excluding carboxylic acids is 1. The number of amides is 1. The molecule has 0 aromatic heterocycles. The van der Waals surface area contributed by atoms with Crippen molar-refractivity contribution in [2.75, 3.05) is 13.2 Å². The molecule has 7 heteroatoms. The van der Waals surface area contributed by atoms with Gasteiger partial charge in [-0.2, -0.15) is 0 Å². The van der Waals surface area contributed by atoms with Gasteiger partial charge in [0.05, 0.1) is 0 Å². The van der Waals surface area contributed by atoms with Crippen LogP contribution in [0.2, 0.25) is 0 Å². The number of carbonyl (C=O) groups is 1. The molecule has 2 atom stereocenters. The molecule has 1 fully saturated rings. The van der Waals surface area contributed by atoms with E-state index in [1.807, 2.05) is 0 Å². The van der Waals surface area contributed by atoms with Gasteiger partial charge in [-0.05, 0) is 43.5 Å². The predicted octanol–water partition coefficient (Wildman–Crippen LogP) is 3.02. The van der Waals surface area contributed by atoms with E-state index in [1.165, 1.54) is 12.1 Å². The fourth-order valence-corrected chi connectivity index (χ4v) is 3.00. The van der Waals surface area contributed by atoms with Crippen molar-refractivity contribution in [2.45, 2.75) is 31.7 Å². The maximum absolute atomic E-state index is 13.6. The highest BCUT2D eigenvalue weighted by atomic mass is 79.9. The zero-order chi connectivity index (χ0) is 15.2. The molecule has 0 bridgehead atoms. The first-order chi connectivity index (χ1) is 10.1. The molecule has 1 amide bonds. The van der Waals surface area contributed by atoms with Crippen LogP contribution >= 0.6 is 28.3 Å². The summed E-state index contributed by atoms with van der Waals surface area (Å²) in [7, 11) is 0. The number of rotatable bonds is 5. The third-order valence-electron chi connectivity index (χ3n) is 3.81. The van der Waals surface area contributed by atoms with Gasteiger partial charge >= 0.3 is 0 Å². The second-order valence-electron chi connectivity index (χ2n) is 5.32. The molecule has 4 nitrogen and oxygen atoms in total. The number of hydrogen-bond donors (Lipinski definition) is 2. The van der Waals surface area contributed by atoms with Crippen molar-refractivity contribution < 1.29 is 13.9 Å². The minimum absolute atomic E-state index is 0. The highest BCUT2D eigenvalue weighted by Gasteiger charge is 2.25. The van der Waals surface area contributed by atoms with E-state index >= 15 is 0 Å². The lowest BCUT2D eigenvalue weighted by atomic mass is 9.84. The van der Waals surface area contributed by atoms with Crippen molar-refractivity contribution >= 4 is 34.2 Å². The summed E-state index contributed by atoms with van der Waals surface area (Å²) in [6.07, 6.45) is 4.25. The van der Waals surface area contributed by atoms with Crippen molar-refractivity contribution in [3.05, 3.63) is 28.5 Å². The van der Waals surface area contributed by atoms with E-state index < -0.39 is 5.82 Å². The summed E-state index contributed by atoms with van der Waals surface area (Å²) in [5.74, 6) is -0.322. The van der Waals surface area contributed by atoms with Gasteiger partial charge in [0.15, 0.2) is 18.2 Å². The third kappa shape index (κ3) is 5.41. The monoisotopic (exact) mass is 394 g/mol. The summed E-state index contributed by atoms with van der Waals surface area (Å²) < 4.78 is 19.4. The van der Waals surface area contributed by atoms with Gasteiger partial charge < -0.3 is 15.8 Å². The lowest BCUT2D eigenvalue weighted by Crippen LogP contribution is -2.46. The van der Waals surface area contributed by atoms with Crippen LogP contribution in [0.5, 0.6) is 5.75 Å². The largest absolute Gasteiger partial charge is 0.481 e. The predicted molar refractivity (Wildman–Crippen MR) is 89.8 cm³/mol. The van der Waals surface area contributed by atoms with Crippen molar-refractivity contribution in [3.8, 4) is 5.75 Å². The molecule has 1 aromatic rings. The number of nitrogens with two attached hydrogens (primary N) is 1. The maximum Gasteiger partial charge on any atom is 0.258 e.